The normalized spacial score (nSPS) is 17.5. The molecule has 0 saturated carbocycles. The third-order valence-corrected chi connectivity index (χ3v) is 4.34. The SMILES string of the molecule is COCC1CCN(c2ccc(/C(N)=N/O)cc2Br)CC1. The first-order valence-electron chi connectivity index (χ1n) is 6.67. The zero-order chi connectivity index (χ0) is 14.5. The number of methoxy groups -OCH3 is 1. The van der Waals surface area contributed by atoms with Crippen LogP contribution in [0, 0.1) is 5.92 Å². The van der Waals surface area contributed by atoms with Crippen molar-refractivity contribution >= 4 is 27.5 Å². The maximum absolute atomic E-state index is 8.70. The van der Waals surface area contributed by atoms with Crippen molar-refractivity contribution in [3.8, 4) is 0 Å². The smallest absolute Gasteiger partial charge is 0.170 e. The van der Waals surface area contributed by atoms with Gasteiger partial charge in [-0.3, -0.25) is 0 Å². The van der Waals surface area contributed by atoms with Gasteiger partial charge < -0.3 is 20.6 Å². The first-order valence-corrected chi connectivity index (χ1v) is 7.46. The Morgan fingerprint density at radius 1 is 1.50 bits per heavy atom. The van der Waals surface area contributed by atoms with Crippen molar-refractivity contribution in [3.05, 3.63) is 28.2 Å². The highest BCUT2D eigenvalue weighted by Gasteiger charge is 2.20. The summed E-state index contributed by atoms with van der Waals surface area (Å²) < 4.78 is 6.19. The van der Waals surface area contributed by atoms with Crippen molar-refractivity contribution in [2.75, 3.05) is 31.7 Å². The monoisotopic (exact) mass is 341 g/mol. The topological polar surface area (TPSA) is 71.1 Å². The molecule has 1 fully saturated rings. The lowest BCUT2D eigenvalue weighted by molar-refractivity contribution is 0.139. The van der Waals surface area contributed by atoms with Crippen molar-refractivity contribution < 1.29 is 9.94 Å². The Morgan fingerprint density at radius 2 is 2.20 bits per heavy atom. The molecule has 0 spiro atoms. The molecule has 6 heteroatoms. The molecule has 0 amide bonds. The largest absolute Gasteiger partial charge is 0.409 e. The fourth-order valence-electron chi connectivity index (χ4n) is 2.56. The molecule has 20 heavy (non-hydrogen) atoms. The van der Waals surface area contributed by atoms with Gasteiger partial charge in [0.2, 0.25) is 0 Å². The summed E-state index contributed by atoms with van der Waals surface area (Å²) in [7, 11) is 1.76. The maximum Gasteiger partial charge on any atom is 0.170 e. The molecular weight excluding hydrogens is 322 g/mol. The second-order valence-electron chi connectivity index (χ2n) is 5.04. The van der Waals surface area contributed by atoms with E-state index in [-0.39, 0.29) is 5.84 Å². The molecule has 1 saturated heterocycles. The van der Waals surface area contributed by atoms with Gasteiger partial charge in [-0.25, -0.2) is 0 Å². The van der Waals surface area contributed by atoms with Gasteiger partial charge in [-0.2, -0.15) is 0 Å². The Hall–Kier alpha value is -1.27. The fourth-order valence-corrected chi connectivity index (χ4v) is 3.19. The quantitative estimate of drug-likeness (QED) is 0.382. The fraction of sp³-hybridized carbons (Fsp3) is 0.500. The number of anilines is 1. The molecule has 2 rings (SSSR count). The van der Waals surface area contributed by atoms with Crippen LogP contribution < -0.4 is 10.6 Å². The van der Waals surface area contributed by atoms with Crippen molar-refractivity contribution in [1.82, 2.24) is 0 Å². The standard InChI is InChI=1S/C14H20BrN3O2/c1-20-9-10-4-6-18(7-5-10)13-3-2-11(8-12(13)15)14(16)17-19/h2-3,8,10,19H,4-7,9H2,1H3,(H2,16,17). The van der Waals surface area contributed by atoms with Crippen LogP contribution in [-0.2, 0) is 4.74 Å². The lowest BCUT2D eigenvalue weighted by Crippen LogP contribution is -2.35. The van der Waals surface area contributed by atoms with Gasteiger partial charge in [-0.1, -0.05) is 5.16 Å². The van der Waals surface area contributed by atoms with E-state index in [2.05, 4.69) is 26.0 Å². The average Bonchev–Trinajstić information content (AvgIpc) is 2.47. The molecule has 1 aliphatic rings. The predicted molar refractivity (Wildman–Crippen MR) is 83.5 cm³/mol. The third-order valence-electron chi connectivity index (χ3n) is 3.71. The number of rotatable bonds is 4. The number of halogens is 1. The molecule has 0 aromatic heterocycles. The Balaban J connectivity index is 2.07. The van der Waals surface area contributed by atoms with E-state index in [4.69, 9.17) is 15.7 Å². The van der Waals surface area contributed by atoms with Crippen LogP contribution in [0.1, 0.15) is 18.4 Å². The second-order valence-corrected chi connectivity index (χ2v) is 5.89. The van der Waals surface area contributed by atoms with Crippen LogP contribution in [0.15, 0.2) is 27.8 Å². The van der Waals surface area contributed by atoms with Crippen molar-refractivity contribution in [2.45, 2.75) is 12.8 Å². The van der Waals surface area contributed by atoms with Gasteiger partial charge >= 0.3 is 0 Å². The first-order chi connectivity index (χ1) is 9.65. The molecule has 5 nitrogen and oxygen atoms in total. The summed E-state index contributed by atoms with van der Waals surface area (Å²) in [5.41, 5.74) is 7.45. The molecule has 1 heterocycles. The second kappa shape index (κ2) is 6.95. The van der Waals surface area contributed by atoms with Gasteiger partial charge in [-0.15, -0.1) is 0 Å². The highest BCUT2D eigenvalue weighted by atomic mass is 79.9. The van der Waals surface area contributed by atoms with Crippen LogP contribution in [0.2, 0.25) is 0 Å². The molecule has 1 aromatic rings. The summed E-state index contributed by atoms with van der Waals surface area (Å²) in [6.07, 6.45) is 2.28. The highest BCUT2D eigenvalue weighted by Crippen LogP contribution is 2.30. The summed E-state index contributed by atoms with van der Waals surface area (Å²) in [6, 6.07) is 5.76. The Labute approximate surface area is 127 Å². The highest BCUT2D eigenvalue weighted by molar-refractivity contribution is 9.10. The van der Waals surface area contributed by atoms with E-state index in [1.54, 1.807) is 7.11 Å². The molecule has 110 valence electrons. The number of hydrogen-bond acceptors (Lipinski definition) is 4. The van der Waals surface area contributed by atoms with Gasteiger partial charge in [-0.05, 0) is 52.9 Å². The first kappa shape index (κ1) is 15.1. The molecule has 0 bridgehead atoms. The van der Waals surface area contributed by atoms with Gasteiger partial charge in [0.15, 0.2) is 5.84 Å². The summed E-state index contributed by atoms with van der Waals surface area (Å²) in [4.78, 5) is 2.35. The maximum atomic E-state index is 8.70. The Kier molecular flexibility index (Phi) is 5.25. The molecule has 0 radical (unpaired) electrons. The van der Waals surface area contributed by atoms with Gasteiger partial charge in [0, 0.05) is 36.8 Å². The summed E-state index contributed by atoms with van der Waals surface area (Å²) in [5.74, 6) is 0.780. The van der Waals surface area contributed by atoms with Crippen LogP contribution in [0.25, 0.3) is 0 Å². The summed E-state index contributed by atoms with van der Waals surface area (Å²) >= 11 is 3.57. The van der Waals surface area contributed by atoms with E-state index in [0.717, 1.165) is 42.7 Å². The molecular formula is C14H20BrN3O2. The number of amidine groups is 1. The van der Waals surface area contributed by atoms with Crippen LogP contribution in [-0.4, -0.2) is 37.8 Å². The molecule has 0 unspecified atom stereocenters. The summed E-state index contributed by atoms with van der Waals surface area (Å²) in [5, 5.41) is 11.7. The third kappa shape index (κ3) is 3.43. The van der Waals surface area contributed by atoms with E-state index < -0.39 is 0 Å². The van der Waals surface area contributed by atoms with Crippen LogP contribution in [0.5, 0.6) is 0 Å². The van der Waals surface area contributed by atoms with Crippen molar-refractivity contribution in [2.24, 2.45) is 16.8 Å². The van der Waals surface area contributed by atoms with E-state index in [1.807, 2.05) is 18.2 Å². The van der Waals surface area contributed by atoms with Gasteiger partial charge in [0.05, 0.1) is 5.69 Å². The molecule has 0 atom stereocenters. The molecule has 1 aliphatic heterocycles. The van der Waals surface area contributed by atoms with Gasteiger partial charge in [0.1, 0.15) is 0 Å². The Morgan fingerprint density at radius 3 is 2.75 bits per heavy atom. The predicted octanol–water partition coefficient (Wildman–Crippen LogP) is 2.41. The number of piperidine rings is 1. The van der Waals surface area contributed by atoms with Crippen molar-refractivity contribution in [1.29, 1.82) is 0 Å². The molecule has 1 aromatic carbocycles. The molecule has 3 N–H and O–H groups in total. The number of hydrogen-bond donors (Lipinski definition) is 2. The van der Waals surface area contributed by atoms with E-state index in [9.17, 15) is 0 Å². The zero-order valence-corrected chi connectivity index (χ0v) is 13.1. The minimum atomic E-state index is 0.121. The number of ether oxygens (including phenoxy) is 1. The number of oxime groups is 1. The zero-order valence-electron chi connectivity index (χ0n) is 11.6. The van der Waals surface area contributed by atoms with E-state index in [0.29, 0.717) is 11.5 Å². The summed E-state index contributed by atoms with van der Waals surface area (Å²) in [6.45, 7) is 2.89. The minimum absolute atomic E-state index is 0.121. The van der Waals surface area contributed by atoms with Gasteiger partial charge in [0.25, 0.3) is 0 Å². The van der Waals surface area contributed by atoms with Crippen molar-refractivity contribution in [3.63, 3.8) is 0 Å². The lowest BCUT2D eigenvalue weighted by Gasteiger charge is -2.34. The lowest BCUT2D eigenvalue weighted by atomic mass is 9.97. The minimum Gasteiger partial charge on any atom is -0.409 e. The number of nitrogens with two attached hydrogens (primary N) is 1. The van der Waals surface area contributed by atoms with E-state index in [1.165, 1.54) is 0 Å². The van der Waals surface area contributed by atoms with Crippen LogP contribution in [0.4, 0.5) is 5.69 Å². The van der Waals surface area contributed by atoms with Crippen LogP contribution in [0.3, 0.4) is 0 Å². The number of benzene rings is 1. The molecule has 0 aliphatic carbocycles. The average molecular weight is 342 g/mol. The van der Waals surface area contributed by atoms with E-state index >= 15 is 0 Å². The Bertz CT molecular complexity index is 485. The number of nitrogens with zero attached hydrogens (tertiary/aromatic N) is 2. The van der Waals surface area contributed by atoms with Crippen LogP contribution >= 0.6 is 15.9 Å².